The summed E-state index contributed by atoms with van der Waals surface area (Å²) < 4.78 is 10.1. The van der Waals surface area contributed by atoms with Crippen LogP contribution >= 0.6 is 0 Å². The molecule has 0 aliphatic heterocycles. The number of aryl methyl sites for hydroxylation is 2. The average Bonchev–Trinajstić information content (AvgIpc) is 3.44. The highest BCUT2D eigenvalue weighted by molar-refractivity contribution is 6.01. The van der Waals surface area contributed by atoms with Crippen molar-refractivity contribution in [1.29, 1.82) is 0 Å². The van der Waals surface area contributed by atoms with Crippen LogP contribution in [-0.2, 0) is 17.6 Å². The lowest BCUT2D eigenvalue weighted by atomic mass is 10.1. The quantitative estimate of drug-likeness (QED) is 0.223. The third-order valence-electron chi connectivity index (χ3n) is 6.56. The molecular weight excluding hydrogens is 436 g/mol. The maximum absolute atomic E-state index is 12.7. The van der Waals surface area contributed by atoms with Crippen molar-refractivity contribution in [2.45, 2.75) is 65.7 Å². The van der Waals surface area contributed by atoms with E-state index in [1.54, 1.807) is 0 Å². The maximum atomic E-state index is 12.7. The van der Waals surface area contributed by atoms with Crippen LogP contribution in [-0.4, -0.2) is 24.9 Å². The number of imidazole rings is 1. The monoisotopic (exact) mass is 468 g/mol. The molecule has 0 bridgehead atoms. The topological polar surface area (TPSA) is 61.4 Å². The number of para-hydroxylation sites is 2. The molecule has 0 saturated carbocycles. The number of esters is 1. The Balaban J connectivity index is 1.79. The average molecular weight is 469 g/mol. The zero-order chi connectivity index (χ0) is 24.4. The first-order chi connectivity index (χ1) is 17.1. The molecule has 0 unspecified atom stereocenters. The van der Waals surface area contributed by atoms with Crippen molar-refractivity contribution in [3.63, 3.8) is 0 Å². The Morgan fingerprint density at radius 2 is 1.69 bits per heavy atom. The number of unbranched alkanes of at least 4 members (excludes halogenated alkanes) is 2. The number of hydrogen-bond acceptors (Lipinski definition) is 4. The van der Waals surface area contributed by atoms with Gasteiger partial charge in [-0.25, -0.2) is 9.97 Å². The summed E-state index contributed by atoms with van der Waals surface area (Å²) in [5.41, 5.74) is 5.73. The highest BCUT2D eigenvalue weighted by Crippen LogP contribution is 2.35. The molecule has 0 amide bonds. The number of ether oxygens (including phenoxy) is 1. The summed E-state index contributed by atoms with van der Waals surface area (Å²) in [6, 6.07) is 16.6. The van der Waals surface area contributed by atoms with Gasteiger partial charge in [0.2, 0.25) is 0 Å². The molecule has 2 aromatic carbocycles. The van der Waals surface area contributed by atoms with E-state index < -0.39 is 0 Å². The second-order valence-electron chi connectivity index (χ2n) is 9.05. The van der Waals surface area contributed by atoms with Crippen LogP contribution in [0, 0.1) is 0 Å². The van der Waals surface area contributed by atoms with Crippen molar-refractivity contribution in [1.82, 2.24) is 18.9 Å². The Morgan fingerprint density at radius 1 is 0.914 bits per heavy atom. The van der Waals surface area contributed by atoms with E-state index in [2.05, 4.69) is 55.5 Å². The van der Waals surface area contributed by atoms with E-state index >= 15 is 0 Å². The standard InChI is InChI=1S/C29H32N4O2/c1-4-7-13-25-31-28-27(29-30-22-11-9-10-12-23(22)33(25)29)24(35-26(34)14-8-5-2)19-32(28)21-17-15-20(6-3)16-18-21/h9-12,15-19H,4-8,13-14H2,1-3H3. The molecule has 6 heteroatoms. The van der Waals surface area contributed by atoms with Gasteiger partial charge in [0.15, 0.2) is 17.0 Å². The fourth-order valence-corrected chi connectivity index (χ4v) is 4.58. The number of rotatable bonds is 9. The van der Waals surface area contributed by atoms with Crippen molar-refractivity contribution < 1.29 is 9.53 Å². The zero-order valence-corrected chi connectivity index (χ0v) is 20.8. The van der Waals surface area contributed by atoms with Crippen LogP contribution in [0.25, 0.3) is 33.4 Å². The molecule has 0 aliphatic rings. The number of aromatic nitrogens is 4. The van der Waals surface area contributed by atoms with Gasteiger partial charge in [-0.05, 0) is 49.1 Å². The third-order valence-corrected chi connectivity index (χ3v) is 6.56. The molecule has 5 rings (SSSR count). The molecule has 0 saturated heterocycles. The highest BCUT2D eigenvalue weighted by Gasteiger charge is 2.23. The van der Waals surface area contributed by atoms with E-state index in [0.29, 0.717) is 12.2 Å². The molecule has 0 atom stereocenters. The van der Waals surface area contributed by atoms with Crippen molar-refractivity contribution in [2.75, 3.05) is 0 Å². The first-order valence-electron chi connectivity index (χ1n) is 12.8. The van der Waals surface area contributed by atoms with Gasteiger partial charge < -0.3 is 4.74 Å². The molecule has 0 spiro atoms. The van der Waals surface area contributed by atoms with Gasteiger partial charge in [0.05, 0.1) is 17.2 Å². The summed E-state index contributed by atoms with van der Waals surface area (Å²) in [6.45, 7) is 6.41. The molecule has 3 heterocycles. The largest absolute Gasteiger partial charge is 0.424 e. The number of nitrogens with zero attached hydrogens (tertiary/aromatic N) is 4. The number of hydrogen-bond donors (Lipinski definition) is 0. The first kappa shape index (κ1) is 23.1. The van der Waals surface area contributed by atoms with Gasteiger partial charge in [0, 0.05) is 18.5 Å². The van der Waals surface area contributed by atoms with Gasteiger partial charge in [0.25, 0.3) is 0 Å². The number of benzene rings is 2. The molecule has 0 aliphatic carbocycles. The second kappa shape index (κ2) is 9.90. The van der Waals surface area contributed by atoms with E-state index in [0.717, 1.165) is 77.8 Å². The Kier molecular flexibility index (Phi) is 6.53. The number of fused-ring (bicyclic) bond motifs is 5. The third kappa shape index (κ3) is 4.29. The lowest BCUT2D eigenvalue weighted by Gasteiger charge is -2.10. The van der Waals surface area contributed by atoms with E-state index in [4.69, 9.17) is 14.7 Å². The molecule has 6 nitrogen and oxygen atoms in total. The first-order valence-corrected chi connectivity index (χ1v) is 12.8. The molecule has 180 valence electrons. The minimum Gasteiger partial charge on any atom is -0.424 e. The predicted octanol–water partition coefficient (Wildman–Crippen LogP) is 6.83. The van der Waals surface area contributed by atoms with Gasteiger partial charge in [-0.1, -0.05) is 57.9 Å². The van der Waals surface area contributed by atoms with Gasteiger partial charge >= 0.3 is 5.97 Å². The molecular formula is C29H32N4O2. The number of carbonyl (C=O) groups is 1. The van der Waals surface area contributed by atoms with Crippen molar-refractivity contribution in [3.05, 3.63) is 66.1 Å². The predicted molar refractivity (Wildman–Crippen MR) is 140 cm³/mol. The Hall–Kier alpha value is -3.67. The van der Waals surface area contributed by atoms with E-state index in [9.17, 15) is 4.79 Å². The van der Waals surface area contributed by atoms with Crippen LogP contribution in [0.5, 0.6) is 5.75 Å². The van der Waals surface area contributed by atoms with Crippen LogP contribution in [0.3, 0.4) is 0 Å². The fraction of sp³-hybridized carbons (Fsp3) is 0.345. The van der Waals surface area contributed by atoms with Crippen LogP contribution in [0.15, 0.2) is 54.7 Å². The minimum absolute atomic E-state index is 0.225. The maximum Gasteiger partial charge on any atom is 0.311 e. The molecule has 0 N–H and O–H groups in total. The lowest BCUT2D eigenvalue weighted by Crippen LogP contribution is -2.07. The van der Waals surface area contributed by atoms with Crippen LogP contribution in [0.4, 0.5) is 0 Å². The zero-order valence-electron chi connectivity index (χ0n) is 20.8. The van der Waals surface area contributed by atoms with Gasteiger partial charge in [-0.15, -0.1) is 0 Å². The number of carbonyl (C=O) groups excluding carboxylic acids is 1. The summed E-state index contributed by atoms with van der Waals surface area (Å²) in [6.07, 6.45) is 7.96. The van der Waals surface area contributed by atoms with Crippen LogP contribution in [0.1, 0.15) is 64.3 Å². The van der Waals surface area contributed by atoms with Crippen molar-refractivity contribution in [3.8, 4) is 11.4 Å². The van der Waals surface area contributed by atoms with Crippen molar-refractivity contribution in [2.24, 2.45) is 0 Å². The molecule has 0 radical (unpaired) electrons. The van der Waals surface area contributed by atoms with E-state index in [1.165, 1.54) is 5.56 Å². The van der Waals surface area contributed by atoms with Gasteiger partial charge in [0.1, 0.15) is 11.2 Å². The van der Waals surface area contributed by atoms with Crippen LogP contribution < -0.4 is 4.74 Å². The lowest BCUT2D eigenvalue weighted by molar-refractivity contribution is -0.134. The summed E-state index contributed by atoms with van der Waals surface area (Å²) in [5, 5.41) is 0.769. The Labute approximate surface area is 205 Å². The summed E-state index contributed by atoms with van der Waals surface area (Å²) in [7, 11) is 0. The smallest absolute Gasteiger partial charge is 0.311 e. The Bertz CT molecular complexity index is 1490. The van der Waals surface area contributed by atoms with Crippen molar-refractivity contribution >= 4 is 33.7 Å². The van der Waals surface area contributed by atoms with Crippen LogP contribution in [0.2, 0.25) is 0 Å². The molecule has 0 fully saturated rings. The molecule has 3 aromatic heterocycles. The molecule has 5 aromatic rings. The highest BCUT2D eigenvalue weighted by atomic mass is 16.5. The van der Waals surface area contributed by atoms with Gasteiger partial charge in [-0.2, -0.15) is 0 Å². The minimum atomic E-state index is -0.225. The van der Waals surface area contributed by atoms with E-state index in [1.807, 2.05) is 29.0 Å². The summed E-state index contributed by atoms with van der Waals surface area (Å²) in [4.78, 5) is 22.8. The Morgan fingerprint density at radius 3 is 2.43 bits per heavy atom. The van der Waals surface area contributed by atoms with E-state index in [-0.39, 0.29) is 5.97 Å². The SMILES string of the molecule is CCCCC(=O)Oc1cn(-c2ccc(CC)cc2)c2nc(CCCC)n3c4ccccc4nc3c12. The second-order valence-corrected chi connectivity index (χ2v) is 9.05. The molecule has 35 heavy (non-hydrogen) atoms. The summed E-state index contributed by atoms with van der Waals surface area (Å²) in [5.74, 6) is 1.25. The normalized spacial score (nSPS) is 11.6. The summed E-state index contributed by atoms with van der Waals surface area (Å²) >= 11 is 0. The fourth-order valence-electron chi connectivity index (χ4n) is 4.58. The van der Waals surface area contributed by atoms with Gasteiger partial charge in [-0.3, -0.25) is 13.8 Å².